The van der Waals surface area contributed by atoms with E-state index >= 15 is 0 Å². The number of hydrogen-bond donors (Lipinski definition) is 1. The fourth-order valence-corrected chi connectivity index (χ4v) is 2.73. The molecule has 0 radical (unpaired) electrons. The summed E-state index contributed by atoms with van der Waals surface area (Å²) in [5.74, 6) is 1.61. The molecule has 5 heteroatoms. The lowest BCUT2D eigenvalue weighted by atomic mass is 10.4. The van der Waals surface area contributed by atoms with Gasteiger partial charge in [0.25, 0.3) is 0 Å². The van der Waals surface area contributed by atoms with Crippen molar-refractivity contribution in [3.8, 4) is 10.7 Å². The molecule has 3 nitrogen and oxygen atoms in total. The Labute approximate surface area is 101 Å². The first-order chi connectivity index (χ1) is 7.20. The second-order valence-electron chi connectivity index (χ2n) is 3.07. The zero-order valence-electron chi connectivity index (χ0n) is 8.41. The normalized spacial score (nSPS) is 10.3. The molecule has 0 bridgehead atoms. The summed E-state index contributed by atoms with van der Waals surface area (Å²) in [7, 11) is 1.86. The van der Waals surface area contributed by atoms with Gasteiger partial charge in [-0.15, -0.1) is 11.3 Å². The van der Waals surface area contributed by atoms with E-state index in [0.717, 1.165) is 26.7 Å². The Balaban J connectivity index is 2.53. The zero-order valence-corrected chi connectivity index (χ0v) is 10.8. The summed E-state index contributed by atoms with van der Waals surface area (Å²) in [4.78, 5) is 9.89. The average molecular weight is 284 g/mol. The second-order valence-corrected chi connectivity index (χ2v) is 4.84. The van der Waals surface area contributed by atoms with Crippen LogP contribution < -0.4 is 5.32 Å². The van der Waals surface area contributed by atoms with E-state index in [1.165, 1.54) is 0 Å². The molecular formula is C10H10BrN3S. The van der Waals surface area contributed by atoms with Crippen molar-refractivity contribution in [3.05, 3.63) is 27.7 Å². The number of hydrogen-bond acceptors (Lipinski definition) is 4. The predicted molar refractivity (Wildman–Crippen MR) is 67.3 cm³/mol. The molecule has 0 aliphatic rings. The van der Waals surface area contributed by atoms with Gasteiger partial charge < -0.3 is 5.32 Å². The maximum Gasteiger partial charge on any atom is 0.172 e. The van der Waals surface area contributed by atoms with Crippen LogP contribution in [0.15, 0.2) is 22.0 Å². The number of aromatic nitrogens is 2. The highest BCUT2D eigenvalue weighted by Gasteiger charge is 2.09. The smallest absolute Gasteiger partial charge is 0.172 e. The first-order valence-electron chi connectivity index (χ1n) is 4.47. The van der Waals surface area contributed by atoms with E-state index in [4.69, 9.17) is 0 Å². The molecule has 0 amide bonds. The Morgan fingerprint density at radius 2 is 2.20 bits per heavy atom. The fourth-order valence-electron chi connectivity index (χ4n) is 1.25. The van der Waals surface area contributed by atoms with Crippen LogP contribution in [0, 0.1) is 6.92 Å². The summed E-state index contributed by atoms with van der Waals surface area (Å²) in [5.41, 5.74) is 0.963. The molecule has 0 aliphatic carbocycles. The predicted octanol–water partition coefficient (Wildman–Crippen LogP) is 3.32. The molecule has 0 saturated heterocycles. The van der Waals surface area contributed by atoms with Gasteiger partial charge in [-0.1, -0.05) is 0 Å². The Morgan fingerprint density at radius 3 is 2.80 bits per heavy atom. The standard InChI is InChI=1S/C10H10BrN3S/c1-6-5-8(12-2)14-10(13-6)9-7(11)3-4-15-9/h3-5H,1-2H3,(H,12,13,14). The largest absolute Gasteiger partial charge is 0.373 e. The minimum absolute atomic E-state index is 0.765. The molecule has 78 valence electrons. The number of rotatable bonds is 2. The van der Waals surface area contributed by atoms with Gasteiger partial charge in [0, 0.05) is 23.3 Å². The molecule has 15 heavy (non-hydrogen) atoms. The van der Waals surface area contributed by atoms with Crippen molar-refractivity contribution in [2.75, 3.05) is 12.4 Å². The van der Waals surface area contributed by atoms with Crippen LogP contribution in [0.5, 0.6) is 0 Å². The molecule has 0 aliphatic heterocycles. The molecule has 0 unspecified atom stereocenters. The first kappa shape index (κ1) is 10.6. The molecule has 2 heterocycles. The van der Waals surface area contributed by atoms with E-state index in [1.54, 1.807) is 11.3 Å². The number of nitrogens with one attached hydrogen (secondary N) is 1. The van der Waals surface area contributed by atoms with Crippen molar-refractivity contribution in [2.24, 2.45) is 0 Å². The zero-order chi connectivity index (χ0) is 10.8. The van der Waals surface area contributed by atoms with Gasteiger partial charge in [0.05, 0.1) is 4.88 Å². The number of anilines is 1. The average Bonchev–Trinajstić information content (AvgIpc) is 2.63. The maximum absolute atomic E-state index is 4.41. The molecule has 1 N–H and O–H groups in total. The van der Waals surface area contributed by atoms with Crippen LogP contribution in [0.25, 0.3) is 10.7 Å². The molecule has 0 atom stereocenters. The summed E-state index contributed by atoms with van der Waals surface area (Å²) < 4.78 is 1.04. The molecule has 0 saturated carbocycles. The maximum atomic E-state index is 4.41. The van der Waals surface area contributed by atoms with Crippen LogP contribution in [0.2, 0.25) is 0 Å². The first-order valence-corrected chi connectivity index (χ1v) is 6.15. The van der Waals surface area contributed by atoms with Crippen LogP contribution in [0.3, 0.4) is 0 Å². The van der Waals surface area contributed by atoms with E-state index < -0.39 is 0 Å². The highest BCUT2D eigenvalue weighted by Crippen LogP contribution is 2.31. The van der Waals surface area contributed by atoms with Crippen LogP contribution in [-0.4, -0.2) is 17.0 Å². The second kappa shape index (κ2) is 4.28. The lowest BCUT2D eigenvalue weighted by Gasteiger charge is -2.04. The lowest BCUT2D eigenvalue weighted by Crippen LogP contribution is -1.97. The number of halogens is 1. The monoisotopic (exact) mass is 283 g/mol. The van der Waals surface area contributed by atoms with E-state index in [9.17, 15) is 0 Å². The Hall–Kier alpha value is -0.940. The molecule has 0 aromatic carbocycles. The Morgan fingerprint density at radius 1 is 1.40 bits per heavy atom. The van der Waals surface area contributed by atoms with Gasteiger partial charge in [0.2, 0.25) is 0 Å². The SMILES string of the molecule is CNc1cc(C)nc(-c2sccc2Br)n1. The van der Waals surface area contributed by atoms with Gasteiger partial charge in [0.1, 0.15) is 5.82 Å². The van der Waals surface area contributed by atoms with Crippen molar-refractivity contribution < 1.29 is 0 Å². The summed E-state index contributed by atoms with van der Waals surface area (Å²) >= 11 is 5.11. The molecule has 2 aromatic heterocycles. The third kappa shape index (κ3) is 2.18. The molecule has 2 aromatic rings. The van der Waals surface area contributed by atoms with Crippen molar-refractivity contribution in [2.45, 2.75) is 6.92 Å². The van der Waals surface area contributed by atoms with E-state index in [-0.39, 0.29) is 0 Å². The van der Waals surface area contributed by atoms with E-state index in [2.05, 4.69) is 31.2 Å². The van der Waals surface area contributed by atoms with Crippen LogP contribution in [-0.2, 0) is 0 Å². The molecule has 2 rings (SSSR count). The Kier molecular flexibility index (Phi) is 3.02. The van der Waals surface area contributed by atoms with Gasteiger partial charge in [-0.3, -0.25) is 0 Å². The van der Waals surface area contributed by atoms with Crippen LogP contribution in [0.1, 0.15) is 5.69 Å². The van der Waals surface area contributed by atoms with Gasteiger partial charge >= 0.3 is 0 Å². The van der Waals surface area contributed by atoms with Gasteiger partial charge in [-0.2, -0.15) is 0 Å². The van der Waals surface area contributed by atoms with E-state index in [1.807, 2.05) is 31.5 Å². The quantitative estimate of drug-likeness (QED) is 0.919. The summed E-state index contributed by atoms with van der Waals surface area (Å²) in [6, 6.07) is 3.93. The van der Waals surface area contributed by atoms with Crippen LogP contribution >= 0.6 is 27.3 Å². The Bertz CT molecular complexity index is 481. The van der Waals surface area contributed by atoms with Crippen molar-refractivity contribution in [1.29, 1.82) is 0 Å². The molecule has 0 fully saturated rings. The summed E-state index contributed by atoms with van der Waals surface area (Å²) in [6.07, 6.45) is 0. The van der Waals surface area contributed by atoms with Gasteiger partial charge in [-0.05, 0) is 34.3 Å². The number of aryl methyl sites for hydroxylation is 1. The van der Waals surface area contributed by atoms with Crippen molar-refractivity contribution >= 4 is 33.1 Å². The summed E-state index contributed by atoms with van der Waals surface area (Å²) in [6.45, 7) is 1.97. The number of nitrogens with zero attached hydrogens (tertiary/aromatic N) is 2. The molecule has 0 spiro atoms. The highest BCUT2D eigenvalue weighted by molar-refractivity contribution is 9.10. The minimum Gasteiger partial charge on any atom is -0.373 e. The third-order valence-electron chi connectivity index (χ3n) is 1.93. The minimum atomic E-state index is 0.765. The molecular weight excluding hydrogens is 274 g/mol. The lowest BCUT2D eigenvalue weighted by molar-refractivity contribution is 1.11. The fraction of sp³-hybridized carbons (Fsp3) is 0.200. The number of thiophene rings is 1. The van der Waals surface area contributed by atoms with Crippen molar-refractivity contribution in [3.63, 3.8) is 0 Å². The van der Waals surface area contributed by atoms with Crippen molar-refractivity contribution in [1.82, 2.24) is 9.97 Å². The van der Waals surface area contributed by atoms with Gasteiger partial charge in [0.15, 0.2) is 5.82 Å². The third-order valence-corrected chi connectivity index (χ3v) is 3.76. The summed E-state index contributed by atoms with van der Waals surface area (Å²) in [5, 5.41) is 5.05. The van der Waals surface area contributed by atoms with Gasteiger partial charge in [-0.25, -0.2) is 9.97 Å². The van der Waals surface area contributed by atoms with E-state index in [0.29, 0.717) is 0 Å². The topological polar surface area (TPSA) is 37.8 Å². The highest BCUT2D eigenvalue weighted by atomic mass is 79.9. The van der Waals surface area contributed by atoms with Crippen LogP contribution in [0.4, 0.5) is 5.82 Å².